The van der Waals surface area contributed by atoms with Gasteiger partial charge in [0.15, 0.2) is 0 Å². The highest BCUT2D eigenvalue weighted by molar-refractivity contribution is 6.30. The predicted molar refractivity (Wildman–Crippen MR) is 68.2 cm³/mol. The van der Waals surface area contributed by atoms with E-state index in [1.165, 1.54) is 31.2 Å². The van der Waals surface area contributed by atoms with Gasteiger partial charge in [-0.15, -0.1) is 0 Å². The van der Waals surface area contributed by atoms with Crippen LogP contribution in [0.4, 0.5) is 0 Å². The van der Waals surface area contributed by atoms with Crippen molar-refractivity contribution in [1.29, 1.82) is 0 Å². The lowest BCUT2D eigenvalue weighted by Gasteiger charge is -2.22. The van der Waals surface area contributed by atoms with Gasteiger partial charge < -0.3 is 0 Å². The summed E-state index contributed by atoms with van der Waals surface area (Å²) in [6, 6.07) is 8.46. The molecule has 1 aliphatic carbocycles. The van der Waals surface area contributed by atoms with Crippen LogP contribution in [0.25, 0.3) is 0 Å². The molecular formula is C13H19ClN2. The lowest BCUT2D eigenvalue weighted by Crippen LogP contribution is -2.41. The third-order valence-electron chi connectivity index (χ3n) is 3.55. The molecule has 1 unspecified atom stereocenters. The molecule has 1 aliphatic rings. The molecule has 3 heteroatoms. The molecule has 1 aromatic rings. The van der Waals surface area contributed by atoms with Gasteiger partial charge >= 0.3 is 0 Å². The van der Waals surface area contributed by atoms with Gasteiger partial charge in [-0.2, -0.15) is 0 Å². The van der Waals surface area contributed by atoms with E-state index in [9.17, 15) is 0 Å². The van der Waals surface area contributed by atoms with Gasteiger partial charge in [0.1, 0.15) is 0 Å². The van der Waals surface area contributed by atoms with Gasteiger partial charge in [-0.3, -0.25) is 11.3 Å². The van der Waals surface area contributed by atoms with Crippen LogP contribution in [0, 0.1) is 5.92 Å². The lowest BCUT2D eigenvalue weighted by molar-refractivity contribution is 0.361. The number of benzene rings is 1. The quantitative estimate of drug-likeness (QED) is 0.625. The van der Waals surface area contributed by atoms with E-state index in [2.05, 4.69) is 17.6 Å². The van der Waals surface area contributed by atoms with Crippen molar-refractivity contribution in [3.05, 3.63) is 34.9 Å². The van der Waals surface area contributed by atoms with Gasteiger partial charge in [-0.25, -0.2) is 0 Å². The molecule has 0 aliphatic heterocycles. The molecule has 0 heterocycles. The second-order valence-electron chi connectivity index (χ2n) is 4.65. The number of nitrogens with one attached hydrogen (secondary N) is 1. The van der Waals surface area contributed by atoms with Crippen LogP contribution < -0.4 is 11.3 Å². The molecule has 3 N–H and O–H groups in total. The van der Waals surface area contributed by atoms with Gasteiger partial charge in [0.25, 0.3) is 0 Å². The molecule has 0 amide bonds. The number of hydrogen-bond acceptors (Lipinski definition) is 2. The fourth-order valence-electron chi connectivity index (χ4n) is 2.60. The number of hydrogen-bond donors (Lipinski definition) is 2. The highest BCUT2D eigenvalue weighted by Crippen LogP contribution is 2.29. The van der Waals surface area contributed by atoms with Crippen molar-refractivity contribution in [3.63, 3.8) is 0 Å². The fraction of sp³-hybridized carbons (Fsp3) is 0.538. The van der Waals surface area contributed by atoms with Gasteiger partial charge in [-0.1, -0.05) is 36.6 Å². The van der Waals surface area contributed by atoms with Gasteiger partial charge in [0.05, 0.1) is 0 Å². The first kappa shape index (κ1) is 11.9. The maximum Gasteiger partial charge on any atom is 0.0406 e. The van der Waals surface area contributed by atoms with Crippen LogP contribution in [0.2, 0.25) is 5.02 Å². The average molecular weight is 239 g/mol. The van der Waals surface area contributed by atoms with Crippen molar-refractivity contribution in [2.45, 2.75) is 38.1 Å². The summed E-state index contributed by atoms with van der Waals surface area (Å²) in [4.78, 5) is 0. The Morgan fingerprint density at radius 3 is 2.44 bits per heavy atom. The van der Waals surface area contributed by atoms with E-state index in [0.717, 1.165) is 17.4 Å². The first-order valence-corrected chi connectivity index (χ1v) is 6.38. The zero-order chi connectivity index (χ0) is 11.4. The predicted octanol–water partition coefficient (Wildman–Crippen LogP) is 2.90. The lowest BCUT2D eigenvalue weighted by atomic mass is 9.93. The summed E-state index contributed by atoms with van der Waals surface area (Å²) >= 11 is 5.87. The maximum absolute atomic E-state index is 5.87. The van der Waals surface area contributed by atoms with E-state index in [1.807, 2.05) is 12.1 Å². The summed E-state index contributed by atoms with van der Waals surface area (Å²) in [5.74, 6) is 6.39. The molecule has 2 rings (SSSR count). The van der Waals surface area contributed by atoms with E-state index >= 15 is 0 Å². The third kappa shape index (κ3) is 2.97. The second-order valence-corrected chi connectivity index (χ2v) is 5.08. The van der Waals surface area contributed by atoms with Crippen LogP contribution in [0.5, 0.6) is 0 Å². The number of rotatable bonds is 4. The summed E-state index contributed by atoms with van der Waals surface area (Å²) in [6.07, 6.45) is 6.32. The Hall–Kier alpha value is -0.570. The van der Waals surface area contributed by atoms with Crippen molar-refractivity contribution in [3.8, 4) is 0 Å². The summed E-state index contributed by atoms with van der Waals surface area (Å²) in [5, 5.41) is 0.793. The average Bonchev–Trinajstić information content (AvgIpc) is 2.82. The Morgan fingerprint density at radius 2 is 1.88 bits per heavy atom. The Labute approximate surface area is 102 Å². The SMILES string of the molecule is NNC(Cc1ccc(Cl)cc1)C1CCCC1. The zero-order valence-corrected chi connectivity index (χ0v) is 10.2. The molecule has 88 valence electrons. The molecule has 0 radical (unpaired) electrons. The minimum atomic E-state index is 0.406. The van der Waals surface area contributed by atoms with Crippen molar-refractivity contribution in [1.82, 2.24) is 5.43 Å². The first-order valence-electron chi connectivity index (χ1n) is 6.00. The number of hydrazine groups is 1. The standard InChI is InChI=1S/C13H19ClN2/c14-12-7-5-10(6-8-12)9-13(16-15)11-3-1-2-4-11/h5-8,11,13,16H,1-4,9,15H2. The molecule has 0 saturated heterocycles. The van der Waals surface area contributed by atoms with Crippen LogP contribution in [-0.2, 0) is 6.42 Å². The molecule has 0 bridgehead atoms. The van der Waals surface area contributed by atoms with Crippen LogP contribution in [0.3, 0.4) is 0 Å². The van der Waals surface area contributed by atoms with Crippen LogP contribution in [0.1, 0.15) is 31.2 Å². The van der Waals surface area contributed by atoms with Crippen LogP contribution >= 0.6 is 11.6 Å². The zero-order valence-electron chi connectivity index (χ0n) is 9.45. The molecule has 0 aromatic heterocycles. The van der Waals surface area contributed by atoms with Crippen molar-refractivity contribution < 1.29 is 0 Å². The van der Waals surface area contributed by atoms with Gasteiger partial charge in [0.2, 0.25) is 0 Å². The molecule has 0 spiro atoms. The number of halogens is 1. The largest absolute Gasteiger partial charge is 0.271 e. The van der Waals surface area contributed by atoms with E-state index < -0.39 is 0 Å². The van der Waals surface area contributed by atoms with Crippen molar-refractivity contribution in [2.75, 3.05) is 0 Å². The highest BCUT2D eigenvalue weighted by Gasteiger charge is 2.23. The molecule has 1 aromatic carbocycles. The normalized spacial score (nSPS) is 18.9. The van der Waals surface area contributed by atoms with Crippen LogP contribution in [-0.4, -0.2) is 6.04 Å². The van der Waals surface area contributed by atoms with E-state index in [-0.39, 0.29) is 0 Å². The van der Waals surface area contributed by atoms with Gasteiger partial charge in [-0.05, 0) is 42.9 Å². The topological polar surface area (TPSA) is 38.0 Å². The summed E-state index contributed by atoms with van der Waals surface area (Å²) in [6.45, 7) is 0. The maximum atomic E-state index is 5.87. The highest BCUT2D eigenvalue weighted by atomic mass is 35.5. The monoisotopic (exact) mass is 238 g/mol. The Kier molecular flexibility index (Phi) is 4.22. The molecule has 16 heavy (non-hydrogen) atoms. The summed E-state index contributed by atoms with van der Waals surface area (Å²) in [5.41, 5.74) is 4.28. The minimum absolute atomic E-state index is 0.406. The molecular weight excluding hydrogens is 220 g/mol. The molecule has 1 atom stereocenters. The second kappa shape index (κ2) is 5.67. The van der Waals surface area contributed by atoms with E-state index in [0.29, 0.717) is 6.04 Å². The number of nitrogens with two attached hydrogens (primary N) is 1. The molecule has 1 saturated carbocycles. The Bertz CT molecular complexity index is 317. The van der Waals surface area contributed by atoms with Crippen molar-refractivity contribution in [2.24, 2.45) is 11.8 Å². The smallest absolute Gasteiger partial charge is 0.0406 e. The summed E-state index contributed by atoms with van der Waals surface area (Å²) in [7, 11) is 0. The minimum Gasteiger partial charge on any atom is -0.271 e. The third-order valence-corrected chi connectivity index (χ3v) is 3.80. The van der Waals surface area contributed by atoms with Crippen molar-refractivity contribution >= 4 is 11.6 Å². The Morgan fingerprint density at radius 1 is 1.25 bits per heavy atom. The summed E-state index contributed by atoms with van der Waals surface area (Å²) < 4.78 is 0. The van der Waals surface area contributed by atoms with Crippen LogP contribution in [0.15, 0.2) is 24.3 Å². The molecule has 2 nitrogen and oxygen atoms in total. The fourth-order valence-corrected chi connectivity index (χ4v) is 2.72. The first-order chi connectivity index (χ1) is 7.79. The Balaban J connectivity index is 1.97. The van der Waals surface area contributed by atoms with Gasteiger partial charge in [0, 0.05) is 11.1 Å². The molecule has 1 fully saturated rings. The van der Waals surface area contributed by atoms with E-state index in [1.54, 1.807) is 0 Å². The van der Waals surface area contributed by atoms with E-state index in [4.69, 9.17) is 17.4 Å².